The first kappa shape index (κ1) is 13.6. The van der Waals surface area contributed by atoms with Gasteiger partial charge in [-0.3, -0.25) is 4.79 Å². The summed E-state index contributed by atoms with van der Waals surface area (Å²) < 4.78 is 1.23. The highest BCUT2D eigenvalue weighted by atomic mass is 35.5. The molecule has 0 spiro atoms. The SMILES string of the molecule is Cc1cc(N)n(C(=O)C(C)(C)c2ccccc2Cl)n1. The second-order valence-corrected chi connectivity index (χ2v) is 5.44. The number of anilines is 1. The fourth-order valence-corrected chi connectivity index (χ4v) is 2.40. The number of aromatic nitrogens is 2. The minimum absolute atomic E-state index is 0.203. The average Bonchev–Trinajstić information content (AvgIpc) is 2.67. The second-order valence-electron chi connectivity index (χ2n) is 5.03. The maximum Gasteiger partial charge on any atom is 0.258 e. The zero-order valence-corrected chi connectivity index (χ0v) is 11.9. The monoisotopic (exact) mass is 277 g/mol. The fraction of sp³-hybridized carbons (Fsp3) is 0.286. The Morgan fingerprint density at radius 2 is 2.00 bits per heavy atom. The average molecular weight is 278 g/mol. The largest absolute Gasteiger partial charge is 0.383 e. The molecule has 0 saturated carbocycles. The Morgan fingerprint density at radius 1 is 1.37 bits per heavy atom. The highest BCUT2D eigenvalue weighted by Crippen LogP contribution is 2.31. The van der Waals surface area contributed by atoms with E-state index in [1.165, 1.54) is 4.68 Å². The first-order valence-electron chi connectivity index (χ1n) is 5.96. The lowest BCUT2D eigenvalue weighted by Crippen LogP contribution is -2.35. The maximum atomic E-state index is 12.6. The van der Waals surface area contributed by atoms with Gasteiger partial charge in [0.1, 0.15) is 5.82 Å². The summed E-state index contributed by atoms with van der Waals surface area (Å²) in [7, 11) is 0. The van der Waals surface area contributed by atoms with E-state index in [0.29, 0.717) is 16.5 Å². The number of nitrogen functional groups attached to an aromatic ring is 1. The predicted octanol–water partition coefficient (Wildman–Crippen LogP) is 3.05. The van der Waals surface area contributed by atoms with E-state index < -0.39 is 5.41 Å². The van der Waals surface area contributed by atoms with Crippen LogP contribution >= 0.6 is 11.6 Å². The third-order valence-corrected chi connectivity index (χ3v) is 3.46. The van der Waals surface area contributed by atoms with E-state index in [1.807, 2.05) is 32.0 Å². The first-order chi connectivity index (χ1) is 8.84. The van der Waals surface area contributed by atoms with Crippen molar-refractivity contribution in [3.05, 3.63) is 46.6 Å². The quantitative estimate of drug-likeness (QED) is 0.918. The summed E-state index contributed by atoms with van der Waals surface area (Å²) in [5.74, 6) is 0.133. The number of hydrogen-bond acceptors (Lipinski definition) is 3. The van der Waals surface area contributed by atoms with Crippen molar-refractivity contribution >= 4 is 23.3 Å². The van der Waals surface area contributed by atoms with Gasteiger partial charge in [0.15, 0.2) is 0 Å². The number of rotatable bonds is 2. The molecular formula is C14H16ClN3O. The number of carbonyl (C=O) groups excluding carboxylic acids is 1. The second kappa shape index (κ2) is 4.70. The molecule has 19 heavy (non-hydrogen) atoms. The number of nitrogens with two attached hydrogens (primary N) is 1. The van der Waals surface area contributed by atoms with E-state index in [-0.39, 0.29) is 5.91 Å². The Kier molecular flexibility index (Phi) is 3.37. The molecule has 2 N–H and O–H groups in total. The maximum absolute atomic E-state index is 12.6. The number of hydrogen-bond donors (Lipinski definition) is 1. The zero-order chi connectivity index (χ0) is 14.2. The van der Waals surface area contributed by atoms with E-state index >= 15 is 0 Å². The lowest BCUT2D eigenvalue weighted by molar-refractivity contribution is 0.0807. The highest BCUT2D eigenvalue weighted by Gasteiger charge is 2.34. The van der Waals surface area contributed by atoms with Crippen LogP contribution in [0.1, 0.15) is 29.9 Å². The minimum Gasteiger partial charge on any atom is -0.383 e. The van der Waals surface area contributed by atoms with E-state index in [9.17, 15) is 4.79 Å². The lowest BCUT2D eigenvalue weighted by atomic mass is 9.83. The summed E-state index contributed by atoms with van der Waals surface area (Å²) in [5, 5.41) is 4.69. The molecule has 1 aromatic heterocycles. The van der Waals surface area contributed by atoms with E-state index in [1.54, 1.807) is 19.1 Å². The topological polar surface area (TPSA) is 60.9 Å². The van der Waals surface area contributed by atoms with Crippen LogP contribution in [0.25, 0.3) is 0 Å². The van der Waals surface area contributed by atoms with Crippen molar-refractivity contribution < 1.29 is 4.79 Å². The van der Waals surface area contributed by atoms with Gasteiger partial charge < -0.3 is 5.73 Å². The Morgan fingerprint density at radius 3 is 2.53 bits per heavy atom. The summed E-state index contributed by atoms with van der Waals surface area (Å²) in [6, 6.07) is 8.96. The van der Waals surface area contributed by atoms with Crippen molar-refractivity contribution in [3.63, 3.8) is 0 Å². The Balaban J connectivity index is 2.48. The third-order valence-electron chi connectivity index (χ3n) is 3.13. The Hall–Kier alpha value is -1.81. The molecule has 0 aliphatic carbocycles. The molecule has 0 amide bonds. The van der Waals surface area contributed by atoms with Crippen LogP contribution in [-0.4, -0.2) is 15.7 Å². The summed E-state index contributed by atoms with van der Waals surface area (Å²) in [6.07, 6.45) is 0. The molecular weight excluding hydrogens is 262 g/mol. The Labute approximate surface area is 117 Å². The fourth-order valence-electron chi connectivity index (χ4n) is 2.03. The summed E-state index contributed by atoms with van der Waals surface area (Å²) in [6.45, 7) is 5.42. The molecule has 0 bridgehead atoms. The van der Waals surface area contributed by atoms with Crippen molar-refractivity contribution in [1.82, 2.24) is 9.78 Å². The van der Waals surface area contributed by atoms with Crippen molar-refractivity contribution in [1.29, 1.82) is 0 Å². The van der Waals surface area contributed by atoms with Crippen molar-refractivity contribution in [2.45, 2.75) is 26.2 Å². The van der Waals surface area contributed by atoms with E-state index in [0.717, 1.165) is 5.56 Å². The standard InChI is InChI=1S/C14H16ClN3O/c1-9-8-12(16)18(17-9)13(19)14(2,3)10-6-4-5-7-11(10)15/h4-8H,16H2,1-3H3. The number of halogens is 1. The number of aryl methyl sites for hydroxylation is 1. The molecule has 0 saturated heterocycles. The summed E-state index contributed by atoms with van der Waals surface area (Å²) in [5.41, 5.74) is 6.47. The molecule has 0 fully saturated rings. The normalized spacial score (nSPS) is 11.6. The predicted molar refractivity (Wildman–Crippen MR) is 76.5 cm³/mol. The molecule has 2 rings (SSSR count). The summed E-state index contributed by atoms with van der Waals surface area (Å²) >= 11 is 6.17. The minimum atomic E-state index is -0.801. The molecule has 0 radical (unpaired) electrons. The number of carbonyl (C=O) groups is 1. The third kappa shape index (κ3) is 2.36. The van der Waals surface area contributed by atoms with Gasteiger partial charge in [-0.15, -0.1) is 0 Å². The molecule has 1 heterocycles. The Bertz CT molecular complexity index is 631. The zero-order valence-electron chi connectivity index (χ0n) is 11.1. The van der Waals surface area contributed by atoms with Crippen LogP contribution in [-0.2, 0) is 5.41 Å². The van der Waals surface area contributed by atoms with E-state index in [2.05, 4.69) is 5.10 Å². The van der Waals surface area contributed by atoms with Crippen molar-refractivity contribution in [3.8, 4) is 0 Å². The molecule has 0 aliphatic rings. The lowest BCUT2D eigenvalue weighted by Gasteiger charge is -2.24. The van der Waals surface area contributed by atoms with Crippen LogP contribution in [0.2, 0.25) is 5.02 Å². The first-order valence-corrected chi connectivity index (χ1v) is 6.34. The van der Waals surface area contributed by atoms with Gasteiger partial charge in [0, 0.05) is 11.1 Å². The van der Waals surface area contributed by atoms with Gasteiger partial charge in [0.2, 0.25) is 0 Å². The van der Waals surface area contributed by atoms with Gasteiger partial charge >= 0.3 is 0 Å². The molecule has 4 nitrogen and oxygen atoms in total. The van der Waals surface area contributed by atoms with Gasteiger partial charge in [0.25, 0.3) is 5.91 Å². The van der Waals surface area contributed by atoms with Crippen LogP contribution < -0.4 is 5.73 Å². The van der Waals surface area contributed by atoms with E-state index in [4.69, 9.17) is 17.3 Å². The number of benzene rings is 1. The van der Waals surface area contributed by atoms with Crippen LogP contribution in [0.5, 0.6) is 0 Å². The molecule has 100 valence electrons. The van der Waals surface area contributed by atoms with Gasteiger partial charge in [-0.2, -0.15) is 9.78 Å². The smallest absolute Gasteiger partial charge is 0.258 e. The molecule has 5 heteroatoms. The van der Waals surface area contributed by atoms with Gasteiger partial charge in [-0.05, 0) is 32.4 Å². The van der Waals surface area contributed by atoms with Crippen LogP contribution in [0.15, 0.2) is 30.3 Å². The van der Waals surface area contributed by atoms with Crippen molar-refractivity contribution in [2.75, 3.05) is 5.73 Å². The highest BCUT2D eigenvalue weighted by molar-refractivity contribution is 6.31. The van der Waals surface area contributed by atoms with Gasteiger partial charge in [-0.1, -0.05) is 29.8 Å². The molecule has 0 aliphatic heterocycles. The molecule has 0 atom stereocenters. The van der Waals surface area contributed by atoms with Gasteiger partial charge in [-0.25, -0.2) is 0 Å². The van der Waals surface area contributed by atoms with Gasteiger partial charge in [0.05, 0.1) is 11.1 Å². The van der Waals surface area contributed by atoms with Crippen molar-refractivity contribution in [2.24, 2.45) is 0 Å². The molecule has 1 aromatic carbocycles. The summed E-state index contributed by atoms with van der Waals surface area (Å²) in [4.78, 5) is 12.6. The van der Waals surface area contributed by atoms with Crippen LogP contribution in [0, 0.1) is 6.92 Å². The van der Waals surface area contributed by atoms with Crippen LogP contribution in [0.3, 0.4) is 0 Å². The van der Waals surface area contributed by atoms with Crippen LogP contribution in [0.4, 0.5) is 5.82 Å². The number of nitrogens with zero attached hydrogens (tertiary/aromatic N) is 2. The molecule has 2 aromatic rings. The molecule has 0 unspecified atom stereocenters.